The van der Waals surface area contributed by atoms with E-state index in [0.717, 1.165) is 11.3 Å². The Morgan fingerprint density at radius 1 is 1.20 bits per heavy atom. The van der Waals surface area contributed by atoms with Crippen molar-refractivity contribution in [2.24, 2.45) is 7.05 Å². The monoisotopic (exact) mass is 284 g/mol. The fourth-order valence-corrected chi connectivity index (χ4v) is 2.23. The highest BCUT2D eigenvalue weighted by Crippen LogP contribution is 2.19. The molecule has 0 amide bonds. The van der Waals surface area contributed by atoms with Crippen LogP contribution in [0.1, 0.15) is 0 Å². The number of pyridine rings is 1. The minimum atomic E-state index is -0.0870. The third-order valence-corrected chi connectivity index (χ3v) is 3.32. The Hall–Kier alpha value is -2.47. The molecule has 1 N–H and O–H groups in total. The minimum Gasteiger partial charge on any atom is -0.319 e. The Bertz CT molecular complexity index is 861. The fourth-order valence-electron chi connectivity index (χ4n) is 1.99. The second-order valence-electron chi connectivity index (χ2n) is 4.39. The summed E-state index contributed by atoms with van der Waals surface area (Å²) in [7, 11) is 1.71. The summed E-state index contributed by atoms with van der Waals surface area (Å²) in [6, 6.07) is 13.1. The molecule has 0 saturated heterocycles. The van der Waals surface area contributed by atoms with Crippen molar-refractivity contribution in [3.05, 3.63) is 63.8 Å². The molecule has 0 saturated carbocycles. The summed E-state index contributed by atoms with van der Waals surface area (Å²) in [5, 5.41) is 7.01. The highest BCUT2D eigenvalue weighted by Gasteiger charge is 2.11. The number of hydrogen-bond donors (Lipinski definition) is 1. The Morgan fingerprint density at radius 2 is 1.95 bits per heavy atom. The van der Waals surface area contributed by atoms with Crippen LogP contribution in [0.15, 0.2) is 53.5 Å². The van der Waals surface area contributed by atoms with Gasteiger partial charge in [0, 0.05) is 30.6 Å². The summed E-state index contributed by atoms with van der Waals surface area (Å²) >= 11 is 5.28. The van der Waals surface area contributed by atoms with E-state index < -0.39 is 0 Å². The number of H-pyrrole nitrogens is 1. The van der Waals surface area contributed by atoms with E-state index in [2.05, 4.69) is 10.2 Å². The molecular formula is C14H12N4OS. The zero-order valence-corrected chi connectivity index (χ0v) is 11.6. The van der Waals surface area contributed by atoms with Gasteiger partial charge in [0.05, 0.1) is 0 Å². The van der Waals surface area contributed by atoms with Crippen LogP contribution in [-0.2, 0) is 7.05 Å². The maximum atomic E-state index is 11.8. The van der Waals surface area contributed by atoms with E-state index in [-0.39, 0.29) is 5.56 Å². The van der Waals surface area contributed by atoms with E-state index >= 15 is 0 Å². The van der Waals surface area contributed by atoms with Gasteiger partial charge < -0.3 is 4.57 Å². The normalized spacial score (nSPS) is 10.7. The second-order valence-corrected chi connectivity index (χ2v) is 4.77. The molecule has 0 unspecified atom stereocenters. The van der Waals surface area contributed by atoms with Gasteiger partial charge in [-0.3, -0.25) is 14.5 Å². The van der Waals surface area contributed by atoms with Crippen LogP contribution in [0.5, 0.6) is 0 Å². The molecule has 0 aliphatic rings. The lowest BCUT2D eigenvalue weighted by Gasteiger charge is -2.07. The van der Waals surface area contributed by atoms with Crippen LogP contribution in [0, 0.1) is 4.77 Å². The molecule has 2 aromatic heterocycles. The summed E-state index contributed by atoms with van der Waals surface area (Å²) in [6.07, 6.45) is 1.71. The molecule has 0 fully saturated rings. The molecule has 2 heterocycles. The number of aromatic amines is 1. The fraction of sp³-hybridized carbons (Fsp3) is 0.0714. The van der Waals surface area contributed by atoms with Crippen molar-refractivity contribution in [1.82, 2.24) is 19.3 Å². The smallest absolute Gasteiger partial charge is 0.250 e. The molecule has 20 heavy (non-hydrogen) atoms. The molecule has 100 valence electrons. The van der Waals surface area contributed by atoms with Crippen molar-refractivity contribution < 1.29 is 0 Å². The van der Waals surface area contributed by atoms with Gasteiger partial charge in [-0.05, 0) is 30.4 Å². The molecule has 1 aromatic carbocycles. The average Bonchev–Trinajstić information content (AvgIpc) is 2.85. The Balaban J connectivity index is 2.24. The zero-order chi connectivity index (χ0) is 14.1. The largest absolute Gasteiger partial charge is 0.319 e. The van der Waals surface area contributed by atoms with E-state index in [1.807, 2.05) is 41.0 Å². The van der Waals surface area contributed by atoms with Crippen LogP contribution in [0.2, 0.25) is 0 Å². The first-order chi connectivity index (χ1) is 9.66. The van der Waals surface area contributed by atoms with Crippen LogP contribution >= 0.6 is 12.2 Å². The van der Waals surface area contributed by atoms with Crippen molar-refractivity contribution in [2.75, 3.05) is 0 Å². The van der Waals surface area contributed by atoms with Gasteiger partial charge in [-0.1, -0.05) is 18.2 Å². The lowest BCUT2D eigenvalue weighted by molar-refractivity contribution is 0.859. The van der Waals surface area contributed by atoms with Crippen LogP contribution in [0.3, 0.4) is 0 Å². The Labute approximate surface area is 120 Å². The Kier molecular flexibility index (Phi) is 3.08. The van der Waals surface area contributed by atoms with E-state index in [4.69, 9.17) is 12.2 Å². The number of para-hydroxylation sites is 1. The number of aromatic nitrogens is 4. The number of nitrogens with zero attached hydrogens (tertiary/aromatic N) is 3. The number of nitrogens with one attached hydrogen (secondary N) is 1. The number of aryl methyl sites for hydroxylation is 1. The van der Waals surface area contributed by atoms with Gasteiger partial charge in [-0.25, -0.2) is 0 Å². The molecule has 0 bridgehead atoms. The molecule has 3 rings (SSSR count). The maximum absolute atomic E-state index is 11.8. The van der Waals surface area contributed by atoms with Gasteiger partial charge in [-0.2, -0.15) is 5.10 Å². The van der Waals surface area contributed by atoms with Crippen molar-refractivity contribution in [2.45, 2.75) is 0 Å². The highest BCUT2D eigenvalue weighted by atomic mass is 32.1. The molecule has 0 aliphatic heterocycles. The van der Waals surface area contributed by atoms with Crippen LogP contribution in [0.4, 0.5) is 0 Å². The molecular weight excluding hydrogens is 272 g/mol. The summed E-state index contributed by atoms with van der Waals surface area (Å²) in [4.78, 5) is 11.8. The SMILES string of the molecule is Cn1ccc(-c2n[nH]c(=S)n2-c2ccccc2)cc1=O. The van der Waals surface area contributed by atoms with Crippen LogP contribution < -0.4 is 5.56 Å². The van der Waals surface area contributed by atoms with E-state index in [9.17, 15) is 4.79 Å². The van der Waals surface area contributed by atoms with Gasteiger partial charge >= 0.3 is 0 Å². The molecule has 6 heteroatoms. The number of benzene rings is 1. The summed E-state index contributed by atoms with van der Waals surface area (Å²) in [6.45, 7) is 0. The lowest BCUT2D eigenvalue weighted by atomic mass is 10.2. The first-order valence-corrected chi connectivity index (χ1v) is 6.47. The maximum Gasteiger partial charge on any atom is 0.250 e. The number of hydrogen-bond acceptors (Lipinski definition) is 3. The quantitative estimate of drug-likeness (QED) is 0.735. The topological polar surface area (TPSA) is 55.6 Å². The van der Waals surface area contributed by atoms with Crippen molar-refractivity contribution in [3.8, 4) is 17.1 Å². The van der Waals surface area contributed by atoms with E-state index in [1.54, 1.807) is 19.3 Å². The van der Waals surface area contributed by atoms with Gasteiger partial charge in [0.25, 0.3) is 5.56 Å². The molecule has 0 aliphatic carbocycles. The first kappa shape index (κ1) is 12.6. The van der Waals surface area contributed by atoms with Crippen LogP contribution in [-0.4, -0.2) is 19.3 Å². The Morgan fingerprint density at radius 3 is 2.65 bits per heavy atom. The summed E-state index contributed by atoms with van der Waals surface area (Å²) < 4.78 is 3.81. The van der Waals surface area contributed by atoms with Gasteiger partial charge in [-0.15, -0.1) is 0 Å². The standard InChI is InChI=1S/C14H12N4OS/c1-17-8-7-10(9-12(17)19)13-15-16-14(20)18(13)11-5-3-2-4-6-11/h2-9H,1H3,(H,16,20). The molecule has 0 spiro atoms. The van der Waals surface area contributed by atoms with E-state index in [1.165, 1.54) is 4.57 Å². The highest BCUT2D eigenvalue weighted by molar-refractivity contribution is 7.71. The molecule has 5 nitrogen and oxygen atoms in total. The third-order valence-electron chi connectivity index (χ3n) is 3.05. The van der Waals surface area contributed by atoms with Crippen LogP contribution in [0.25, 0.3) is 17.1 Å². The van der Waals surface area contributed by atoms with Crippen molar-refractivity contribution in [1.29, 1.82) is 0 Å². The van der Waals surface area contributed by atoms with Crippen molar-refractivity contribution >= 4 is 12.2 Å². The average molecular weight is 284 g/mol. The van der Waals surface area contributed by atoms with Gasteiger partial charge in [0.1, 0.15) is 0 Å². The van der Waals surface area contributed by atoms with Gasteiger partial charge in [0.15, 0.2) is 10.6 Å². The predicted octanol–water partition coefficient (Wildman–Crippen LogP) is 2.30. The molecule has 0 atom stereocenters. The summed E-state index contributed by atoms with van der Waals surface area (Å²) in [5.74, 6) is 0.624. The predicted molar refractivity (Wildman–Crippen MR) is 79.4 cm³/mol. The first-order valence-electron chi connectivity index (χ1n) is 6.07. The lowest BCUT2D eigenvalue weighted by Crippen LogP contribution is -2.14. The zero-order valence-electron chi connectivity index (χ0n) is 10.8. The molecule has 3 aromatic rings. The number of rotatable bonds is 2. The van der Waals surface area contributed by atoms with E-state index in [0.29, 0.717) is 10.6 Å². The second kappa shape index (κ2) is 4.90. The summed E-state index contributed by atoms with van der Waals surface area (Å²) in [5.41, 5.74) is 1.54. The third kappa shape index (κ3) is 2.10. The minimum absolute atomic E-state index is 0.0870. The van der Waals surface area contributed by atoms with Crippen molar-refractivity contribution in [3.63, 3.8) is 0 Å². The molecule has 0 radical (unpaired) electrons. The van der Waals surface area contributed by atoms with Gasteiger partial charge in [0.2, 0.25) is 0 Å².